The molecule has 1 spiro atoms. The van der Waals surface area contributed by atoms with Crippen LogP contribution in [0, 0.1) is 5.41 Å². The van der Waals surface area contributed by atoms with Gasteiger partial charge in [-0.05, 0) is 62.0 Å². The molecule has 126 valence electrons. The van der Waals surface area contributed by atoms with Crippen LogP contribution in [0.4, 0.5) is 0 Å². The SMILES string of the molecule is c1ccc(C[C@H]2CC3(CCN(Cc4ccccn4)CC3)CO2)nc1. The molecule has 0 radical (unpaired) electrons. The van der Waals surface area contributed by atoms with Gasteiger partial charge in [-0.1, -0.05) is 12.1 Å². The van der Waals surface area contributed by atoms with Crippen molar-refractivity contribution >= 4 is 0 Å². The van der Waals surface area contributed by atoms with Gasteiger partial charge in [0.1, 0.15) is 0 Å². The van der Waals surface area contributed by atoms with Crippen molar-refractivity contribution in [2.45, 2.75) is 38.3 Å². The fourth-order valence-corrected chi connectivity index (χ4v) is 4.03. The van der Waals surface area contributed by atoms with E-state index < -0.39 is 0 Å². The van der Waals surface area contributed by atoms with Crippen LogP contribution in [0.15, 0.2) is 48.8 Å². The fraction of sp³-hybridized carbons (Fsp3) is 0.500. The zero-order chi connectivity index (χ0) is 16.2. The second-order valence-electron chi connectivity index (χ2n) is 7.26. The normalized spacial score (nSPS) is 23.6. The number of aromatic nitrogens is 2. The lowest BCUT2D eigenvalue weighted by Gasteiger charge is -2.38. The van der Waals surface area contributed by atoms with Crippen LogP contribution in [-0.2, 0) is 17.7 Å². The Bertz CT molecular complexity index is 638. The van der Waals surface area contributed by atoms with Crippen LogP contribution in [-0.4, -0.2) is 40.7 Å². The number of likely N-dealkylation sites (tertiary alicyclic amines) is 1. The fourth-order valence-electron chi connectivity index (χ4n) is 4.03. The van der Waals surface area contributed by atoms with Gasteiger partial charge in [0.25, 0.3) is 0 Å². The quantitative estimate of drug-likeness (QED) is 0.867. The van der Waals surface area contributed by atoms with Crippen molar-refractivity contribution in [2.24, 2.45) is 5.41 Å². The van der Waals surface area contributed by atoms with Crippen molar-refractivity contribution in [1.82, 2.24) is 14.9 Å². The maximum atomic E-state index is 6.13. The monoisotopic (exact) mass is 323 g/mol. The lowest BCUT2D eigenvalue weighted by Crippen LogP contribution is -2.40. The van der Waals surface area contributed by atoms with E-state index in [4.69, 9.17) is 4.74 Å². The second-order valence-corrected chi connectivity index (χ2v) is 7.26. The van der Waals surface area contributed by atoms with Crippen LogP contribution in [0.1, 0.15) is 30.7 Å². The number of hydrogen-bond donors (Lipinski definition) is 0. The smallest absolute Gasteiger partial charge is 0.0636 e. The van der Waals surface area contributed by atoms with Crippen molar-refractivity contribution in [1.29, 1.82) is 0 Å². The lowest BCUT2D eigenvalue weighted by molar-refractivity contribution is 0.0626. The molecule has 24 heavy (non-hydrogen) atoms. The van der Waals surface area contributed by atoms with E-state index in [1.54, 1.807) is 0 Å². The first-order valence-electron chi connectivity index (χ1n) is 8.95. The van der Waals surface area contributed by atoms with Gasteiger partial charge in [-0.2, -0.15) is 0 Å². The first-order valence-corrected chi connectivity index (χ1v) is 8.95. The maximum Gasteiger partial charge on any atom is 0.0636 e. The van der Waals surface area contributed by atoms with Crippen molar-refractivity contribution in [3.8, 4) is 0 Å². The molecule has 4 nitrogen and oxygen atoms in total. The standard InChI is InChI=1S/C20H25N3O/c1-3-9-21-17(5-1)13-19-14-20(16-24-19)7-11-23(12-8-20)15-18-6-2-4-10-22-18/h1-6,9-10,19H,7-8,11-16H2/t19-/m0/s1. The molecule has 1 atom stereocenters. The van der Waals surface area contributed by atoms with E-state index >= 15 is 0 Å². The summed E-state index contributed by atoms with van der Waals surface area (Å²) >= 11 is 0. The Morgan fingerprint density at radius 2 is 1.71 bits per heavy atom. The molecular weight excluding hydrogens is 298 g/mol. The number of pyridine rings is 2. The first kappa shape index (κ1) is 15.7. The summed E-state index contributed by atoms with van der Waals surface area (Å²) in [5, 5.41) is 0. The van der Waals surface area contributed by atoms with Gasteiger partial charge in [0.05, 0.1) is 18.4 Å². The van der Waals surface area contributed by atoms with Crippen LogP contribution in [0.2, 0.25) is 0 Å². The highest BCUT2D eigenvalue weighted by atomic mass is 16.5. The van der Waals surface area contributed by atoms with Crippen LogP contribution >= 0.6 is 0 Å². The molecular formula is C20H25N3O. The highest BCUT2D eigenvalue weighted by Gasteiger charge is 2.42. The predicted molar refractivity (Wildman–Crippen MR) is 93.5 cm³/mol. The van der Waals surface area contributed by atoms with Gasteiger partial charge in [-0.15, -0.1) is 0 Å². The number of piperidine rings is 1. The van der Waals surface area contributed by atoms with Crippen LogP contribution in [0.5, 0.6) is 0 Å². The largest absolute Gasteiger partial charge is 0.377 e. The van der Waals surface area contributed by atoms with Gasteiger partial charge in [0.15, 0.2) is 0 Å². The Balaban J connectivity index is 1.29. The van der Waals surface area contributed by atoms with Gasteiger partial charge in [-0.3, -0.25) is 14.9 Å². The van der Waals surface area contributed by atoms with E-state index in [1.165, 1.54) is 25.0 Å². The third-order valence-corrected chi connectivity index (χ3v) is 5.48. The average Bonchev–Trinajstić information content (AvgIpc) is 3.01. The lowest BCUT2D eigenvalue weighted by atomic mass is 9.76. The van der Waals surface area contributed by atoms with Gasteiger partial charge in [0, 0.05) is 31.1 Å². The maximum absolute atomic E-state index is 6.13. The summed E-state index contributed by atoms with van der Waals surface area (Å²) in [7, 11) is 0. The van der Waals surface area contributed by atoms with E-state index in [9.17, 15) is 0 Å². The molecule has 2 fully saturated rings. The molecule has 0 saturated carbocycles. The molecule has 2 aliphatic rings. The molecule has 0 amide bonds. The minimum absolute atomic E-state index is 0.335. The Labute approximate surface area is 143 Å². The topological polar surface area (TPSA) is 38.2 Å². The summed E-state index contributed by atoms with van der Waals surface area (Å²) in [6.07, 6.45) is 8.68. The number of rotatable bonds is 4. The molecule has 4 heteroatoms. The van der Waals surface area contributed by atoms with Crippen LogP contribution < -0.4 is 0 Å². The molecule has 4 rings (SSSR count). The molecule has 0 aliphatic carbocycles. The molecule has 4 heterocycles. The van der Waals surface area contributed by atoms with Gasteiger partial charge in [0.2, 0.25) is 0 Å². The average molecular weight is 323 g/mol. The summed E-state index contributed by atoms with van der Waals surface area (Å²) < 4.78 is 6.13. The molecule has 2 saturated heterocycles. The Hall–Kier alpha value is -1.78. The third-order valence-electron chi connectivity index (χ3n) is 5.48. The molecule has 0 unspecified atom stereocenters. The van der Waals surface area contributed by atoms with Gasteiger partial charge in [-0.25, -0.2) is 0 Å². The molecule has 0 bridgehead atoms. The van der Waals surface area contributed by atoms with Crippen molar-refractivity contribution < 1.29 is 4.74 Å². The predicted octanol–water partition coefficient (Wildman–Crippen LogP) is 3.09. The number of hydrogen-bond acceptors (Lipinski definition) is 4. The highest BCUT2D eigenvalue weighted by molar-refractivity contribution is 5.07. The molecule has 2 aliphatic heterocycles. The Kier molecular flexibility index (Phi) is 4.58. The van der Waals surface area contributed by atoms with Gasteiger partial charge < -0.3 is 4.74 Å². The first-order chi connectivity index (χ1) is 11.8. The van der Waals surface area contributed by atoms with Crippen molar-refractivity contribution in [3.05, 3.63) is 60.2 Å². The highest BCUT2D eigenvalue weighted by Crippen LogP contribution is 2.42. The molecule has 0 aromatic carbocycles. The zero-order valence-corrected chi connectivity index (χ0v) is 14.1. The minimum Gasteiger partial charge on any atom is -0.377 e. The number of ether oxygens (including phenoxy) is 1. The Morgan fingerprint density at radius 1 is 1.00 bits per heavy atom. The summed E-state index contributed by atoms with van der Waals surface area (Å²) in [4.78, 5) is 11.4. The van der Waals surface area contributed by atoms with E-state index in [-0.39, 0.29) is 0 Å². The number of nitrogens with zero attached hydrogens (tertiary/aromatic N) is 3. The molecule has 0 N–H and O–H groups in total. The van der Waals surface area contributed by atoms with E-state index in [0.717, 1.165) is 38.4 Å². The summed E-state index contributed by atoms with van der Waals surface area (Å²) in [6.45, 7) is 4.18. The van der Waals surface area contributed by atoms with E-state index in [1.807, 2.05) is 24.5 Å². The van der Waals surface area contributed by atoms with Crippen LogP contribution in [0.3, 0.4) is 0 Å². The molecule has 2 aromatic rings. The molecule has 2 aromatic heterocycles. The summed E-state index contributed by atoms with van der Waals surface area (Å²) in [5.74, 6) is 0. The van der Waals surface area contributed by atoms with E-state index in [2.05, 4.69) is 39.1 Å². The van der Waals surface area contributed by atoms with Crippen molar-refractivity contribution in [2.75, 3.05) is 19.7 Å². The van der Waals surface area contributed by atoms with Crippen LogP contribution in [0.25, 0.3) is 0 Å². The van der Waals surface area contributed by atoms with Gasteiger partial charge >= 0.3 is 0 Å². The second kappa shape index (κ2) is 6.99. The van der Waals surface area contributed by atoms with E-state index in [0.29, 0.717) is 11.5 Å². The zero-order valence-electron chi connectivity index (χ0n) is 14.1. The summed E-state index contributed by atoms with van der Waals surface area (Å²) in [6, 6.07) is 12.3. The Morgan fingerprint density at radius 3 is 2.38 bits per heavy atom. The summed E-state index contributed by atoms with van der Waals surface area (Å²) in [5.41, 5.74) is 2.70. The minimum atomic E-state index is 0.335. The van der Waals surface area contributed by atoms with Crippen molar-refractivity contribution in [3.63, 3.8) is 0 Å². The third kappa shape index (κ3) is 3.65.